The van der Waals surface area contributed by atoms with Gasteiger partial charge in [-0.3, -0.25) is 0 Å². The molecule has 0 aliphatic rings. The summed E-state index contributed by atoms with van der Waals surface area (Å²) in [6.45, 7) is -0.438. The van der Waals surface area contributed by atoms with Crippen LogP contribution in [0.5, 0.6) is 0 Å². The second-order valence-electron chi connectivity index (χ2n) is 4.91. The average molecular weight is 340 g/mol. The minimum absolute atomic E-state index is 0.361. The van der Waals surface area contributed by atoms with Crippen LogP contribution in [0.1, 0.15) is 11.1 Å². The van der Waals surface area contributed by atoms with Crippen molar-refractivity contribution in [2.75, 3.05) is 11.9 Å². The Morgan fingerprint density at radius 2 is 1.52 bits per heavy atom. The summed E-state index contributed by atoms with van der Waals surface area (Å²) in [4.78, 5) is 0. The van der Waals surface area contributed by atoms with Crippen LogP contribution in [0.3, 0.4) is 0 Å². The fraction of sp³-hybridized carbons (Fsp3) is 0.176. The lowest BCUT2D eigenvalue weighted by molar-refractivity contribution is -0.137. The van der Waals surface area contributed by atoms with Crippen LogP contribution in [0.25, 0.3) is 0 Å². The van der Waals surface area contributed by atoms with Crippen molar-refractivity contribution in [1.29, 1.82) is 0 Å². The van der Waals surface area contributed by atoms with Gasteiger partial charge in [-0.25, -0.2) is 0 Å². The molecule has 0 spiro atoms. The lowest BCUT2D eigenvalue weighted by Gasteiger charge is -2.29. The first kappa shape index (κ1) is 17.2. The second-order valence-corrected chi connectivity index (χ2v) is 5.35. The highest BCUT2D eigenvalue weighted by Crippen LogP contribution is 2.32. The number of hydrogen-bond acceptors (Lipinski definition) is 2. The van der Waals surface area contributed by atoms with Crippen LogP contribution in [0, 0.1) is 12.3 Å². The molecule has 23 heavy (non-hydrogen) atoms. The minimum atomic E-state index is -4.41. The minimum Gasteiger partial charge on any atom is -0.393 e. The van der Waals surface area contributed by atoms with E-state index in [1.807, 2.05) is 0 Å². The van der Waals surface area contributed by atoms with Crippen molar-refractivity contribution >= 4 is 17.3 Å². The number of halogens is 4. The van der Waals surface area contributed by atoms with Gasteiger partial charge in [-0.2, -0.15) is 13.2 Å². The molecule has 2 aromatic carbocycles. The van der Waals surface area contributed by atoms with Crippen LogP contribution in [0.4, 0.5) is 18.9 Å². The lowest BCUT2D eigenvalue weighted by Crippen LogP contribution is -2.37. The van der Waals surface area contributed by atoms with Gasteiger partial charge < -0.3 is 10.4 Å². The number of aliphatic hydroxyl groups excluding tert-OH is 1. The second kappa shape index (κ2) is 6.53. The number of benzene rings is 2. The number of anilines is 1. The van der Waals surface area contributed by atoms with E-state index in [4.69, 9.17) is 18.0 Å². The van der Waals surface area contributed by atoms with Gasteiger partial charge in [0, 0.05) is 10.7 Å². The third-order valence-corrected chi connectivity index (χ3v) is 3.64. The number of aliphatic hydroxyl groups is 1. The van der Waals surface area contributed by atoms with E-state index in [1.165, 1.54) is 12.1 Å². The van der Waals surface area contributed by atoms with E-state index >= 15 is 0 Å². The standard InChI is InChI=1S/C17H13ClF3NO/c1-2-16(11-23,12-3-7-14(18)8-4-12)22-15-9-5-13(6-10-15)17(19,20)21/h1,3-10,22-23H,11H2/t16-/m1/s1. The molecule has 0 unspecified atom stereocenters. The van der Waals surface area contributed by atoms with Gasteiger partial charge in [-0.15, -0.1) is 6.42 Å². The fourth-order valence-electron chi connectivity index (χ4n) is 2.09. The molecular formula is C17H13ClF3NO. The zero-order chi connectivity index (χ0) is 17.1. The molecule has 6 heteroatoms. The maximum atomic E-state index is 12.6. The summed E-state index contributed by atoms with van der Waals surface area (Å²) in [7, 11) is 0. The Balaban J connectivity index is 2.33. The predicted molar refractivity (Wildman–Crippen MR) is 84.1 cm³/mol. The average Bonchev–Trinajstić information content (AvgIpc) is 2.53. The van der Waals surface area contributed by atoms with E-state index < -0.39 is 23.9 Å². The monoisotopic (exact) mass is 339 g/mol. The van der Waals surface area contributed by atoms with Gasteiger partial charge >= 0.3 is 6.18 Å². The van der Waals surface area contributed by atoms with E-state index in [9.17, 15) is 18.3 Å². The highest BCUT2D eigenvalue weighted by molar-refractivity contribution is 6.30. The molecular weight excluding hydrogens is 327 g/mol. The van der Waals surface area contributed by atoms with E-state index in [0.717, 1.165) is 12.1 Å². The first-order valence-electron chi connectivity index (χ1n) is 6.61. The quantitative estimate of drug-likeness (QED) is 0.814. The Labute approximate surface area is 136 Å². The Bertz CT molecular complexity index is 705. The van der Waals surface area contributed by atoms with Crippen LogP contribution in [-0.2, 0) is 11.7 Å². The van der Waals surface area contributed by atoms with Crippen LogP contribution < -0.4 is 5.32 Å². The van der Waals surface area contributed by atoms with Gasteiger partial charge in [-0.05, 0) is 42.0 Å². The van der Waals surface area contributed by atoms with Crippen LogP contribution in [0.2, 0.25) is 5.02 Å². The largest absolute Gasteiger partial charge is 0.416 e. The van der Waals surface area contributed by atoms with Crippen molar-refractivity contribution in [3.8, 4) is 12.3 Å². The van der Waals surface area contributed by atoms with Crippen molar-refractivity contribution in [3.05, 3.63) is 64.7 Å². The van der Waals surface area contributed by atoms with E-state index in [2.05, 4.69) is 11.2 Å². The zero-order valence-corrected chi connectivity index (χ0v) is 12.6. The Hall–Kier alpha value is -2.16. The molecule has 0 aromatic heterocycles. The molecule has 0 amide bonds. The van der Waals surface area contributed by atoms with Gasteiger partial charge in [0.25, 0.3) is 0 Å². The maximum absolute atomic E-state index is 12.6. The summed E-state index contributed by atoms with van der Waals surface area (Å²) >= 11 is 5.83. The van der Waals surface area contributed by atoms with Crippen LogP contribution in [-0.4, -0.2) is 11.7 Å². The van der Waals surface area contributed by atoms with Crippen molar-refractivity contribution in [2.45, 2.75) is 11.7 Å². The highest BCUT2D eigenvalue weighted by Gasteiger charge is 2.32. The Morgan fingerprint density at radius 1 is 1.00 bits per heavy atom. The third-order valence-electron chi connectivity index (χ3n) is 3.39. The number of nitrogens with one attached hydrogen (secondary N) is 1. The summed E-state index contributed by atoms with van der Waals surface area (Å²) < 4.78 is 37.8. The normalized spacial score (nSPS) is 13.9. The van der Waals surface area contributed by atoms with E-state index in [-0.39, 0.29) is 0 Å². The summed E-state index contributed by atoms with van der Waals surface area (Å²) in [6.07, 6.45) is 1.14. The number of hydrogen-bond donors (Lipinski definition) is 2. The number of terminal acetylenes is 1. The summed E-state index contributed by atoms with van der Waals surface area (Å²) in [5.74, 6) is 2.47. The molecule has 0 saturated heterocycles. The summed E-state index contributed by atoms with van der Waals surface area (Å²) in [6, 6.07) is 11.0. The topological polar surface area (TPSA) is 32.3 Å². The fourth-order valence-corrected chi connectivity index (χ4v) is 2.22. The molecule has 2 N–H and O–H groups in total. The zero-order valence-electron chi connectivity index (χ0n) is 11.9. The van der Waals surface area contributed by atoms with Crippen molar-refractivity contribution in [3.63, 3.8) is 0 Å². The van der Waals surface area contributed by atoms with Gasteiger partial charge in [0.2, 0.25) is 0 Å². The van der Waals surface area contributed by atoms with Gasteiger partial charge in [-0.1, -0.05) is 29.7 Å². The highest BCUT2D eigenvalue weighted by atomic mass is 35.5. The molecule has 1 atom stereocenters. The molecule has 0 aliphatic carbocycles. The first-order valence-corrected chi connectivity index (χ1v) is 6.99. The summed E-state index contributed by atoms with van der Waals surface area (Å²) in [5.41, 5.74) is -1.08. The summed E-state index contributed by atoms with van der Waals surface area (Å²) in [5, 5.41) is 13.1. The number of rotatable bonds is 4. The molecule has 0 aliphatic heterocycles. The Morgan fingerprint density at radius 3 is 1.96 bits per heavy atom. The van der Waals surface area contributed by atoms with Gasteiger partial charge in [0.1, 0.15) is 5.54 Å². The van der Waals surface area contributed by atoms with Crippen molar-refractivity contribution in [2.24, 2.45) is 0 Å². The molecule has 0 bridgehead atoms. The third kappa shape index (κ3) is 3.79. The predicted octanol–water partition coefficient (Wildman–Crippen LogP) is 4.29. The molecule has 0 heterocycles. The molecule has 2 nitrogen and oxygen atoms in total. The lowest BCUT2D eigenvalue weighted by atomic mass is 9.91. The maximum Gasteiger partial charge on any atom is 0.416 e. The van der Waals surface area contributed by atoms with Crippen molar-refractivity contribution < 1.29 is 18.3 Å². The molecule has 120 valence electrons. The van der Waals surface area contributed by atoms with Crippen molar-refractivity contribution in [1.82, 2.24) is 0 Å². The van der Waals surface area contributed by atoms with E-state index in [1.54, 1.807) is 24.3 Å². The molecule has 0 fully saturated rings. The molecule has 0 radical (unpaired) electrons. The first-order chi connectivity index (χ1) is 10.8. The molecule has 2 rings (SSSR count). The van der Waals surface area contributed by atoms with Gasteiger partial charge in [0.15, 0.2) is 0 Å². The number of alkyl halides is 3. The SMILES string of the molecule is C#C[C@](CO)(Nc1ccc(C(F)(F)F)cc1)c1ccc(Cl)cc1. The van der Waals surface area contributed by atoms with Gasteiger partial charge in [0.05, 0.1) is 12.2 Å². The van der Waals surface area contributed by atoms with Crippen LogP contribution in [0.15, 0.2) is 48.5 Å². The smallest absolute Gasteiger partial charge is 0.393 e. The van der Waals surface area contributed by atoms with Crippen LogP contribution >= 0.6 is 11.6 Å². The van der Waals surface area contributed by atoms with E-state index in [0.29, 0.717) is 16.3 Å². The Kier molecular flexibility index (Phi) is 4.88. The molecule has 2 aromatic rings. The molecule has 0 saturated carbocycles.